The minimum Gasteiger partial charge on any atom is -0.341 e. The van der Waals surface area contributed by atoms with Crippen molar-refractivity contribution in [2.75, 3.05) is 18.0 Å². The summed E-state index contributed by atoms with van der Waals surface area (Å²) < 4.78 is 0. The van der Waals surface area contributed by atoms with Crippen molar-refractivity contribution in [1.82, 2.24) is 19.9 Å². The Labute approximate surface area is 145 Å². The van der Waals surface area contributed by atoms with Gasteiger partial charge in [-0.25, -0.2) is 15.0 Å². The van der Waals surface area contributed by atoms with Crippen LogP contribution in [0, 0.1) is 6.92 Å². The highest BCUT2D eigenvalue weighted by Gasteiger charge is 2.47. The van der Waals surface area contributed by atoms with Gasteiger partial charge < -0.3 is 9.80 Å². The number of likely N-dealkylation sites (tertiary alicyclic amines) is 1. The van der Waals surface area contributed by atoms with E-state index in [4.69, 9.17) is 0 Å². The van der Waals surface area contributed by atoms with Gasteiger partial charge in [-0.15, -0.1) is 11.3 Å². The van der Waals surface area contributed by atoms with Crippen LogP contribution in [0.25, 0.3) is 0 Å². The maximum absolute atomic E-state index is 12.5. The predicted molar refractivity (Wildman–Crippen MR) is 92.8 cm³/mol. The standard InChI is InChI=1S/C17H21N5OS/c1-13-20-14(12-24-13)11-22-15(23)3-4-17(22)5-9-21(10-6-17)16-18-7-2-8-19-16/h2,7-8,12H,3-6,9-11H2,1H3. The molecule has 4 heterocycles. The fourth-order valence-electron chi connectivity index (χ4n) is 3.87. The zero-order chi connectivity index (χ0) is 16.6. The number of carbonyl (C=O) groups is 1. The van der Waals surface area contributed by atoms with Crippen molar-refractivity contribution in [3.05, 3.63) is 34.5 Å². The van der Waals surface area contributed by atoms with E-state index in [2.05, 4.69) is 30.1 Å². The van der Waals surface area contributed by atoms with Crippen molar-refractivity contribution < 1.29 is 4.79 Å². The Balaban J connectivity index is 1.49. The zero-order valence-electron chi connectivity index (χ0n) is 13.8. The van der Waals surface area contributed by atoms with Gasteiger partial charge in [-0.1, -0.05) is 0 Å². The van der Waals surface area contributed by atoms with E-state index >= 15 is 0 Å². The molecular weight excluding hydrogens is 322 g/mol. The van der Waals surface area contributed by atoms with Crippen LogP contribution >= 0.6 is 11.3 Å². The quantitative estimate of drug-likeness (QED) is 0.856. The monoisotopic (exact) mass is 343 g/mol. The summed E-state index contributed by atoms with van der Waals surface area (Å²) in [7, 11) is 0. The van der Waals surface area contributed by atoms with Gasteiger partial charge in [0.25, 0.3) is 0 Å². The largest absolute Gasteiger partial charge is 0.341 e. The van der Waals surface area contributed by atoms with Crippen LogP contribution < -0.4 is 4.90 Å². The number of hydrogen-bond donors (Lipinski definition) is 0. The topological polar surface area (TPSA) is 62.2 Å². The summed E-state index contributed by atoms with van der Waals surface area (Å²) in [6.07, 6.45) is 7.12. The van der Waals surface area contributed by atoms with E-state index < -0.39 is 0 Å². The summed E-state index contributed by atoms with van der Waals surface area (Å²) in [5.41, 5.74) is 1.00. The summed E-state index contributed by atoms with van der Waals surface area (Å²) in [5, 5.41) is 3.13. The molecule has 2 saturated heterocycles. The van der Waals surface area contributed by atoms with Crippen molar-refractivity contribution >= 4 is 23.2 Å². The van der Waals surface area contributed by atoms with E-state index in [1.54, 1.807) is 23.7 Å². The molecule has 24 heavy (non-hydrogen) atoms. The molecule has 7 heteroatoms. The van der Waals surface area contributed by atoms with Gasteiger partial charge in [0.1, 0.15) is 0 Å². The molecule has 4 rings (SSSR count). The molecule has 0 aromatic carbocycles. The lowest BCUT2D eigenvalue weighted by Gasteiger charge is -2.44. The first kappa shape index (κ1) is 15.5. The second-order valence-electron chi connectivity index (χ2n) is 6.60. The van der Waals surface area contributed by atoms with E-state index in [0.717, 1.165) is 49.0 Å². The molecular formula is C17H21N5OS. The minimum atomic E-state index is -0.0140. The summed E-state index contributed by atoms with van der Waals surface area (Å²) in [5.74, 6) is 1.06. The molecule has 1 amide bonds. The number of carbonyl (C=O) groups excluding carboxylic acids is 1. The summed E-state index contributed by atoms with van der Waals surface area (Å²) in [4.78, 5) is 30.0. The van der Waals surface area contributed by atoms with Crippen molar-refractivity contribution in [3.8, 4) is 0 Å². The Morgan fingerprint density at radius 2 is 1.96 bits per heavy atom. The number of thiazole rings is 1. The molecule has 0 bridgehead atoms. The van der Waals surface area contributed by atoms with Crippen LogP contribution in [0.15, 0.2) is 23.8 Å². The molecule has 2 aromatic heterocycles. The van der Waals surface area contributed by atoms with Gasteiger partial charge in [0, 0.05) is 42.8 Å². The van der Waals surface area contributed by atoms with Crippen molar-refractivity contribution in [2.24, 2.45) is 0 Å². The lowest BCUT2D eigenvalue weighted by molar-refractivity contribution is -0.132. The molecule has 0 aliphatic carbocycles. The first-order chi connectivity index (χ1) is 11.7. The van der Waals surface area contributed by atoms with Gasteiger partial charge in [-0.05, 0) is 32.3 Å². The number of aryl methyl sites for hydroxylation is 1. The van der Waals surface area contributed by atoms with Crippen LogP contribution in [-0.2, 0) is 11.3 Å². The molecule has 0 radical (unpaired) electrons. The zero-order valence-corrected chi connectivity index (χ0v) is 14.6. The van der Waals surface area contributed by atoms with Crippen LogP contribution in [0.5, 0.6) is 0 Å². The van der Waals surface area contributed by atoms with E-state index in [0.29, 0.717) is 13.0 Å². The Kier molecular flexibility index (Phi) is 3.96. The number of amides is 1. The van der Waals surface area contributed by atoms with Gasteiger partial charge in [0.15, 0.2) is 0 Å². The van der Waals surface area contributed by atoms with Crippen molar-refractivity contribution in [1.29, 1.82) is 0 Å². The molecule has 6 nitrogen and oxygen atoms in total. The number of anilines is 1. The molecule has 1 spiro atoms. The molecule has 126 valence electrons. The fraction of sp³-hybridized carbons (Fsp3) is 0.529. The van der Waals surface area contributed by atoms with Crippen LogP contribution in [0.3, 0.4) is 0 Å². The van der Waals surface area contributed by atoms with Gasteiger partial charge in [-0.2, -0.15) is 0 Å². The summed E-state index contributed by atoms with van der Waals surface area (Å²) in [6, 6.07) is 1.84. The Hall–Kier alpha value is -2.02. The molecule has 0 saturated carbocycles. The first-order valence-corrected chi connectivity index (χ1v) is 9.28. The van der Waals surface area contributed by atoms with E-state index in [1.807, 2.05) is 13.0 Å². The van der Waals surface area contributed by atoms with E-state index in [1.165, 1.54) is 0 Å². The van der Waals surface area contributed by atoms with Crippen LogP contribution in [0.4, 0.5) is 5.95 Å². The van der Waals surface area contributed by atoms with Crippen molar-refractivity contribution in [3.63, 3.8) is 0 Å². The average Bonchev–Trinajstić information content (AvgIpc) is 3.15. The maximum atomic E-state index is 12.5. The Morgan fingerprint density at radius 1 is 1.21 bits per heavy atom. The van der Waals surface area contributed by atoms with Crippen molar-refractivity contribution in [2.45, 2.75) is 44.7 Å². The molecule has 2 aliphatic rings. The Morgan fingerprint density at radius 3 is 2.62 bits per heavy atom. The number of piperidine rings is 1. The molecule has 2 aromatic rings. The third kappa shape index (κ3) is 2.77. The number of rotatable bonds is 3. The van der Waals surface area contributed by atoms with Gasteiger partial charge in [-0.3, -0.25) is 4.79 Å². The average molecular weight is 343 g/mol. The molecule has 2 fully saturated rings. The smallest absolute Gasteiger partial charge is 0.225 e. The highest BCUT2D eigenvalue weighted by atomic mass is 32.1. The van der Waals surface area contributed by atoms with Crippen LogP contribution in [0.1, 0.15) is 36.4 Å². The lowest BCUT2D eigenvalue weighted by atomic mass is 9.85. The highest BCUT2D eigenvalue weighted by molar-refractivity contribution is 7.09. The van der Waals surface area contributed by atoms with Gasteiger partial charge >= 0.3 is 0 Å². The second kappa shape index (κ2) is 6.12. The van der Waals surface area contributed by atoms with Gasteiger partial charge in [0.2, 0.25) is 11.9 Å². The normalized spacial score (nSPS) is 20.1. The number of aromatic nitrogens is 3. The number of nitrogens with zero attached hydrogens (tertiary/aromatic N) is 5. The predicted octanol–water partition coefficient (Wildman–Crippen LogP) is 2.40. The summed E-state index contributed by atoms with van der Waals surface area (Å²) in [6.45, 7) is 4.44. The molecule has 0 unspecified atom stereocenters. The molecule has 2 aliphatic heterocycles. The van der Waals surface area contributed by atoms with Crippen LogP contribution in [0.2, 0.25) is 0 Å². The maximum Gasteiger partial charge on any atom is 0.225 e. The second-order valence-corrected chi connectivity index (χ2v) is 7.66. The number of hydrogen-bond acceptors (Lipinski definition) is 6. The van der Waals surface area contributed by atoms with E-state index in [-0.39, 0.29) is 11.4 Å². The van der Waals surface area contributed by atoms with E-state index in [9.17, 15) is 4.79 Å². The minimum absolute atomic E-state index is 0.0140. The summed E-state index contributed by atoms with van der Waals surface area (Å²) >= 11 is 1.65. The third-order valence-electron chi connectivity index (χ3n) is 5.19. The first-order valence-electron chi connectivity index (χ1n) is 8.40. The molecule has 0 atom stereocenters. The SMILES string of the molecule is Cc1nc(CN2C(=O)CCC23CCN(c2ncccn2)CC3)cs1. The molecule has 0 N–H and O–H groups in total. The highest BCUT2D eigenvalue weighted by Crippen LogP contribution is 2.40. The van der Waals surface area contributed by atoms with Gasteiger partial charge in [0.05, 0.1) is 17.2 Å². The Bertz CT molecular complexity index is 724. The fourth-order valence-corrected chi connectivity index (χ4v) is 4.47. The lowest BCUT2D eigenvalue weighted by Crippen LogP contribution is -2.53. The van der Waals surface area contributed by atoms with Crippen LogP contribution in [-0.4, -0.2) is 44.4 Å². The third-order valence-corrected chi connectivity index (χ3v) is 6.02.